The SMILES string of the molecule is CCS(=O)(=O)CCOc1ccc(S(=O)(=O)N2CCC(N)CC2)cc1. The van der Waals surface area contributed by atoms with Gasteiger partial charge in [-0.15, -0.1) is 0 Å². The molecular weight excluding hydrogens is 352 g/mol. The van der Waals surface area contributed by atoms with E-state index in [0.29, 0.717) is 31.7 Å². The minimum absolute atomic E-state index is 0.0479. The van der Waals surface area contributed by atoms with Crippen LogP contribution in [0.2, 0.25) is 0 Å². The van der Waals surface area contributed by atoms with Crippen molar-refractivity contribution in [2.45, 2.75) is 30.7 Å². The van der Waals surface area contributed by atoms with Crippen molar-refractivity contribution in [2.75, 3.05) is 31.2 Å². The highest BCUT2D eigenvalue weighted by Crippen LogP contribution is 2.22. The first-order valence-corrected chi connectivity index (χ1v) is 11.2. The molecule has 0 aliphatic carbocycles. The van der Waals surface area contributed by atoms with Gasteiger partial charge < -0.3 is 10.5 Å². The first kappa shape index (κ1) is 19.2. The predicted octanol–water partition coefficient (Wildman–Crippen LogP) is 0.612. The molecule has 0 bridgehead atoms. The van der Waals surface area contributed by atoms with Crippen LogP contribution in [0.4, 0.5) is 0 Å². The fourth-order valence-corrected chi connectivity index (χ4v) is 4.50. The van der Waals surface area contributed by atoms with Gasteiger partial charge in [0.2, 0.25) is 10.0 Å². The van der Waals surface area contributed by atoms with Gasteiger partial charge in [0.05, 0.1) is 10.6 Å². The van der Waals surface area contributed by atoms with Crippen LogP contribution in [-0.4, -0.2) is 58.4 Å². The maximum Gasteiger partial charge on any atom is 0.243 e. The van der Waals surface area contributed by atoms with E-state index in [2.05, 4.69) is 0 Å². The predicted molar refractivity (Wildman–Crippen MR) is 92.2 cm³/mol. The Morgan fingerprint density at radius 3 is 2.25 bits per heavy atom. The van der Waals surface area contributed by atoms with Crippen LogP contribution in [0.15, 0.2) is 29.2 Å². The molecule has 1 aromatic carbocycles. The van der Waals surface area contributed by atoms with E-state index in [0.717, 1.165) is 0 Å². The molecule has 7 nitrogen and oxygen atoms in total. The normalized spacial score (nSPS) is 17.8. The van der Waals surface area contributed by atoms with E-state index in [4.69, 9.17) is 10.5 Å². The largest absolute Gasteiger partial charge is 0.493 e. The van der Waals surface area contributed by atoms with E-state index >= 15 is 0 Å². The third-order valence-corrected chi connectivity index (χ3v) is 7.64. The van der Waals surface area contributed by atoms with E-state index in [1.807, 2.05) is 0 Å². The van der Waals surface area contributed by atoms with Crippen molar-refractivity contribution in [3.63, 3.8) is 0 Å². The zero-order valence-electron chi connectivity index (χ0n) is 13.7. The zero-order valence-corrected chi connectivity index (χ0v) is 15.4. The summed E-state index contributed by atoms with van der Waals surface area (Å²) < 4.78 is 54.7. The molecule has 1 aliphatic rings. The van der Waals surface area contributed by atoms with Crippen LogP contribution in [0.3, 0.4) is 0 Å². The fourth-order valence-electron chi connectivity index (χ4n) is 2.40. The highest BCUT2D eigenvalue weighted by molar-refractivity contribution is 7.91. The van der Waals surface area contributed by atoms with E-state index in [1.54, 1.807) is 19.1 Å². The summed E-state index contributed by atoms with van der Waals surface area (Å²) in [7, 11) is -6.60. The highest BCUT2D eigenvalue weighted by Gasteiger charge is 2.28. The van der Waals surface area contributed by atoms with Gasteiger partial charge in [-0.05, 0) is 37.1 Å². The third-order valence-electron chi connectivity index (χ3n) is 4.06. The minimum Gasteiger partial charge on any atom is -0.493 e. The summed E-state index contributed by atoms with van der Waals surface area (Å²) in [5.41, 5.74) is 5.81. The van der Waals surface area contributed by atoms with Gasteiger partial charge in [0.15, 0.2) is 9.84 Å². The number of sulfonamides is 1. The summed E-state index contributed by atoms with van der Waals surface area (Å²) in [4.78, 5) is 0.200. The molecule has 9 heteroatoms. The smallest absolute Gasteiger partial charge is 0.243 e. The lowest BCUT2D eigenvalue weighted by atomic mass is 10.1. The molecule has 1 saturated heterocycles. The third kappa shape index (κ3) is 4.92. The molecule has 0 atom stereocenters. The Bertz CT molecular complexity index is 737. The van der Waals surface area contributed by atoms with Gasteiger partial charge >= 0.3 is 0 Å². The Kier molecular flexibility index (Phi) is 6.24. The van der Waals surface area contributed by atoms with Crippen LogP contribution in [0.5, 0.6) is 5.75 Å². The molecule has 0 spiro atoms. The van der Waals surface area contributed by atoms with E-state index < -0.39 is 19.9 Å². The van der Waals surface area contributed by atoms with Crippen molar-refractivity contribution in [3.8, 4) is 5.75 Å². The van der Waals surface area contributed by atoms with Gasteiger partial charge in [0.1, 0.15) is 12.4 Å². The van der Waals surface area contributed by atoms with Gasteiger partial charge in [0.25, 0.3) is 0 Å². The molecule has 1 aliphatic heterocycles. The van der Waals surface area contributed by atoms with Crippen molar-refractivity contribution in [1.82, 2.24) is 4.31 Å². The lowest BCUT2D eigenvalue weighted by Crippen LogP contribution is -2.42. The number of rotatable bonds is 7. The summed E-state index contributed by atoms with van der Waals surface area (Å²) in [5, 5.41) is 0. The number of hydrogen-bond donors (Lipinski definition) is 1. The molecule has 24 heavy (non-hydrogen) atoms. The number of piperidine rings is 1. The lowest BCUT2D eigenvalue weighted by molar-refractivity contribution is 0.320. The number of nitrogens with two attached hydrogens (primary N) is 1. The zero-order chi connectivity index (χ0) is 17.8. The number of ether oxygens (including phenoxy) is 1. The Balaban J connectivity index is 1.98. The maximum atomic E-state index is 12.6. The Labute approximate surface area is 143 Å². The monoisotopic (exact) mass is 376 g/mol. The van der Waals surface area contributed by atoms with Gasteiger partial charge in [-0.3, -0.25) is 0 Å². The number of sulfone groups is 1. The van der Waals surface area contributed by atoms with Crippen molar-refractivity contribution < 1.29 is 21.6 Å². The summed E-state index contributed by atoms with van der Waals surface area (Å²) in [5.74, 6) is 0.464. The van der Waals surface area contributed by atoms with E-state index in [1.165, 1.54) is 16.4 Å². The second kappa shape index (κ2) is 7.81. The number of hydrogen-bond acceptors (Lipinski definition) is 6. The molecule has 2 rings (SSSR count). The molecule has 0 unspecified atom stereocenters. The first-order valence-electron chi connectivity index (χ1n) is 7.93. The first-order chi connectivity index (χ1) is 11.2. The van der Waals surface area contributed by atoms with Crippen molar-refractivity contribution in [1.29, 1.82) is 0 Å². The fraction of sp³-hybridized carbons (Fsp3) is 0.600. The number of nitrogens with zero attached hydrogens (tertiary/aromatic N) is 1. The van der Waals surface area contributed by atoms with Crippen LogP contribution >= 0.6 is 0 Å². The summed E-state index contributed by atoms with van der Waals surface area (Å²) in [6.45, 7) is 2.49. The standard InChI is InChI=1S/C15H24N2O5S2/c1-2-23(18,19)12-11-22-14-3-5-15(6-4-14)24(20,21)17-9-7-13(16)8-10-17/h3-6,13H,2,7-12,16H2,1H3. The molecule has 0 saturated carbocycles. The Hall–Kier alpha value is -1.16. The summed E-state index contributed by atoms with van der Waals surface area (Å²) >= 11 is 0. The second-order valence-corrected chi connectivity index (χ2v) is 10.2. The van der Waals surface area contributed by atoms with Crippen LogP contribution < -0.4 is 10.5 Å². The molecule has 2 N–H and O–H groups in total. The Morgan fingerprint density at radius 1 is 1.12 bits per heavy atom. The average Bonchev–Trinajstić information content (AvgIpc) is 2.55. The quantitative estimate of drug-likeness (QED) is 0.747. The van der Waals surface area contributed by atoms with Gasteiger partial charge in [-0.2, -0.15) is 4.31 Å². The van der Waals surface area contributed by atoms with E-state index in [9.17, 15) is 16.8 Å². The van der Waals surface area contributed by atoms with Crippen LogP contribution in [0, 0.1) is 0 Å². The maximum absolute atomic E-state index is 12.6. The molecule has 0 radical (unpaired) electrons. The van der Waals surface area contributed by atoms with Crippen LogP contribution in [0.25, 0.3) is 0 Å². The molecule has 0 aromatic heterocycles. The molecule has 1 heterocycles. The van der Waals surface area contributed by atoms with Crippen LogP contribution in [-0.2, 0) is 19.9 Å². The molecular formula is C15H24N2O5S2. The Morgan fingerprint density at radius 2 is 1.71 bits per heavy atom. The second-order valence-electron chi connectivity index (χ2n) is 5.80. The number of benzene rings is 1. The summed E-state index contributed by atoms with van der Waals surface area (Å²) in [6, 6.07) is 6.11. The minimum atomic E-state index is -3.52. The van der Waals surface area contributed by atoms with Crippen LogP contribution in [0.1, 0.15) is 19.8 Å². The van der Waals surface area contributed by atoms with Crippen molar-refractivity contribution >= 4 is 19.9 Å². The van der Waals surface area contributed by atoms with Gasteiger partial charge in [-0.25, -0.2) is 16.8 Å². The van der Waals surface area contributed by atoms with Gasteiger partial charge in [0, 0.05) is 24.9 Å². The highest BCUT2D eigenvalue weighted by atomic mass is 32.2. The summed E-state index contributed by atoms with van der Waals surface area (Å²) in [6.07, 6.45) is 1.32. The average molecular weight is 377 g/mol. The van der Waals surface area contributed by atoms with Crippen molar-refractivity contribution in [2.24, 2.45) is 5.73 Å². The van der Waals surface area contributed by atoms with E-state index in [-0.39, 0.29) is 29.0 Å². The van der Waals surface area contributed by atoms with Crippen molar-refractivity contribution in [3.05, 3.63) is 24.3 Å². The molecule has 1 aromatic rings. The molecule has 136 valence electrons. The molecule has 0 amide bonds. The lowest BCUT2D eigenvalue weighted by Gasteiger charge is -2.29. The topological polar surface area (TPSA) is 107 Å². The molecule has 1 fully saturated rings. The van der Waals surface area contributed by atoms with Gasteiger partial charge in [-0.1, -0.05) is 6.92 Å².